The molecule has 0 radical (unpaired) electrons. The van der Waals surface area contributed by atoms with Crippen LogP contribution in [-0.4, -0.2) is 32.3 Å². The van der Waals surface area contributed by atoms with Crippen LogP contribution in [0, 0.1) is 13.8 Å². The molecule has 0 bridgehead atoms. The summed E-state index contributed by atoms with van der Waals surface area (Å²) in [5, 5.41) is 22.7. The van der Waals surface area contributed by atoms with Gasteiger partial charge in [0, 0.05) is 5.56 Å². The number of aromatic amines is 1. The molecule has 10 nitrogen and oxygen atoms in total. The maximum atomic E-state index is 12.1. The number of aromatic carboxylic acids is 2. The van der Waals surface area contributed by atoms with Crippen LogP contribution in [0.2, 0.25) is 0 Å². The fourth-order valence-electron chi connectivity index (χ4n) is 2.92. The highest BCUT2D eigenvalue weighted by atomic mass is 16.5. The smallest absolute Gasteiger partial charge is 0.342 e. The number of pyridine rings is 1. The van der Waals surface area contributed by atoms with Crippen LogP contribution >= 0.6 is 0 Å². The molecule has 0 unspecified atom stereocenters. The summed E-state index contributed by atoms with van der Waals surface area (Å²) in [5.41, 5.74) is 4.86. The molecule has 0 saturated heterocycles. The van der Waals surface area contributed by atoms with E-state index in [1.807, 2.05) is 0 Å². The number of carboxylic acids is 2. The predicted octanol–water partition coefficient (Wildman–Crippen LogP) is 2.20. The zero-order valence-corrected chi connectivity index (χ0v) is 15.5. The number of hydrogen-bond donors (Lipinski definition) is 4. The van der Waals surface area contributed by atoms with Gasteiger partial charge in [-0.25, -0.2) is 9.59 Å². The lowest BCUT2D eigenvalue weighted by Gasteiger charge is -2.13. The highest BCUT2D eigenvalue weighted by molar-refractivity contribution is 6.07. The van der Waals surface area contributed by atoms with Crippen molar-refractivity contribution in [3.8, 4) is 16.9 Å². The van der Waals surface area contributed by atoms with Crippen molar-refractivity contribution >= 4 is 17.8 Å². The maximum Gasteiger partial charge on any atom is 0.342 e. The molecule has 3 rings (SSSR count). The fraction of sp³-hybridized carbons (Fsp3) is 0.158. The van der Waals surface area contributed by atoms with Gasteiger partial charge in [0.1, 0.15) is 35.1 Å². The summed E-state index contributed by atoms with van der Waals surface area (Å²) in [5.74, 6) is -2.38. The van der Waals surface area contributed by atoms with Crippen molar-refractivity contribution in [3.05, 3.63) is 62.8 Å². The molecule has 1 aromatic carbocycles. The van der Waals surface area contributed by atoms with Crippen LogP contribution in [0.25, 0.3) is 11.1 Å². The van der Waals surface area contributed by atoms with Crippen molar-refractivity contribution < 1.29 is 29.1 Å². The molecule has 150 valence electrons. The second-order valence-corrected chi connectivity index (χ2v) is 6.22. The number of H-pyrrole nitrogens is 1. The van der Waals surface area contributed by atoms with Crippen LogP contribution in [0.3, 0.4) is 0 Å². The summed E-state index contributed by atoms with van der Waals surface area (Å²) in [6, 6.07) is 5.97. The number of carbonyl (C=O) groups is 2. The van der Waals surface area contributed by atoms with E-state index in [0.717, 1.165) is 5.56 Å². The van der Waals surface area contributed by atoms with Crippen LogP contribution in [0.4, 0.5) is 5.82 Å². The fourth-order valence-corrected chi connectivity index (χ4v) is 2.92. The summed E-state index contributed by atoms with van der Waals surface area (Å²) < 4.78 is 10.7. The molecule has 0 aliphatic rings. The molecular formula is C19H17N3O7. The molecule has 3 aromatic rings. The molecule has 0 atom stereocenters. The number of benzene rings is 1. The number of nitrogen functional groups attached to an aromatic ring is 1. The van der Waals surface area contributed by atoms with Gasteiger partial charge in [0.2, 0.25) is 0 Å². The van der Waals surface area contributed by atoms with Crippen LogP contribution in [-0.2, 0) is 6.61 Å². The molecule has 29 heavy (non-hydrogen) atoms. The first-order valence-electron chi connectivity index (χ1n) is 8.38. The van der Waals surface area contributed by atoms with E-state index >= 15 is 0 Å². The third-order valence-corrected chi connectivity index (χ3v) is 4.38. The van der Waals surface area contributed by atoms with E-state index in [2.05, 4.69) is 10.1 Å². The quantitative estimate of drug-likeness (QED) is 0.485. The zero-order valence-electron chi connectivity index (χ0n) is 15.5. The number of hydrogen-bond acceptors (Lipinski definition) is 7. The van der Waals surface area contributed by atoms with Gasteiger partial charge in [0.15, 0.2) is 0 Å². The van der Waals surface area contributed by atoms with E-state index in [1.54, 1.807) is 13.8 Å². The molecule has 0 spiro atoms. The molecule has 10 heteroatoms. The molecule has 2 heterocycles. The summed E-state index contributed by atoms with van der Waals surface area (Å²) in [4.78, 5) is 37.3. The lowest BCUT2D eigenvalue weighted by molar-refractivity contribution is 0.0695. The number of anilines is 1. The number of nitrogens with two attached hydrogens (primary N) is 1. The second-order valence-electron chi connectivity index (χ2n) is 6.22. The Labute approximate surface area is 163 Å². The minimum absolute atomic E-state index is 0.197. The molecule has 2 aromatic heterocycles. The Bertz CT molecular complexity index is 1140. The van der Waals surface area contributed by atoms with Gasteiger partial charge in [-0.1, -0.05) is 17.3 Å². The van der Waals surface area contributed by atoms with E-state index in [4.69, 9.17) is 15.0 Å². The normalized spacial score (nSPS) is 10.7. The van der Waals surface area contributed by atoms with Crippen LogP contribution in [0.5, 0.6) is 5.75 Å². The number of nitrogens with zero attached hydrogens (tertiary/aromatic N) is 1. The van der Waals surface area contributed by atoms with E-state index in [0.29, 0.717) is 17.2 Å². The molecule has 5 N–H and O–H groups in total. The van der Waals surface area contributed by atoms with Crippen molar-refractivity contribution in [2.45, 2.75) is 20.5 Å². The third kappa shape index (κ3) is 3.68. The largest absolute Gasteiger partial charge is 0.489 e. The van der Waals surface area contributed by atoms with E-state index in [9.17, 15) is 24.6 Å². The van der Waals surface area contributed by atoms with Crippen molar-refractivity contribution in [1.82, 2.24) is 10.1 Å². The average molecular weight is 399 g/mol. The van der Waals surface area contributed by atoms with Gasteiger partial charge in [-0.2, -0.15) is 0 Å². The van der Waals surface area contributed by atoms with Crippen molar-refractivity contribution in [2.75, 3.05) is 5.73 Å². The number of rotatable bonds is 6. The van der Waals surface area contributed by atoms with E-state index in [1.165, 1.54) is 24.3 Å². The number of ether oxygens (including phenoxy) is 1. The summed E-state index contributed by atoms with van der Waals surface area (Å²) >= 11 is 0. The van der Waals surface area contributed by atoms with Crippen molar-refractivity contribution in [3.63, 3.8) is 0 Å². The number of carboxylic acid groups (broad SMARTS) is 2. The maximum absolute atomic E-state index is 12.1. The first-order valence-corrected chi connectivity index (χ1v) is 8.38. The van der Waals surface area contributed by atoms with Crippen LogP contribution in [0.15, 0.2) is 33.6 Å². The summed E-state index contributed by atoms with van der Waals surface area (Å²) in [6.07, 6.45) is 0. The number of nitrogens with one attached hydrogen (secondary N) is 1. The van der Waals surface area contributed by atoms with Gasteiger partial charge in [-0.15, -0.1) is 0 Å². The average Bonchev–Trinajstić information content (AvgIpc) is 2.97. The third-order valence-electron chi connectivity index (χ3n) is 4.38. The van der Waals surface area contributed by atoms with Gasteiger partial charge in [-0.05, 0) is 31.5 Å². The monoisotopic (exact) mass is 399 g/mol. The van der Waals surface area contributed by atoms with E-state index in [-0.39, 0.29) is 17.7 Å². The first-order chi connectivity index (χ1) is 13.7. The van der Waals surface area contributed by atoms with Crippen LogP contribution < -0.4 is 16.0 Å². The molecule has 0 saturated carbocycles. The standard InChI is InChI=1S/C19H17N3O7/c1-8-12(9(2)29-22-8)7-28-11-5-3-10(4-6-11)13-14(18(24)25)16(20)21-17(23)15(13)19(26)27/h3-6H,7H2,1-2H3,(H,24,25)(H,26,27)(H3,20,21,23). The highest BCUT2D eigenvalue weighted by Crippen LogP contribution is 2.30. The second kappa shape index (κ2) is 7.50. The minimum atomic E-state index is -1.57. The molecule has 0 aliphatic heterocycles. The van der Waals surface area contributed by atoms with Gasteiger partial charge < -0.3 is 30.2 Å². The van der Waals surface area contributed by atoms with E-state index < -0.39 is 34.4 Å². The molecule has 0 aliphatic carbocycles. The van der Waals surface area contributed by atoms with Gasteiger partial charge >= 0.3 is 11.9 Å². The highest BCUT2D eigenvalue weighted by Gasteiger charge is 2.26. The van der Waals surface area contributed by atoms with Gasteiger partial charge in [0.05, 0.1) is 11.3 Å². The topological polar surface area (TPSA) is 169 Å². The van der Waals surface area contributed by atoms with Gasteiger partial charge in [-0.3, -0.25) is 4.79 Å². The van der Waals surface area contributed by atoms with Crippen molar-refractivity contribution in [2.24, 2.45) is 0 Å². The lowest BCUT2D eigenvalue weighted by Crippen LogP contribution is -2.24. The lowest BCUT2D eigenvalue weighted by atomic mass is 9.95. The Morgan fingerprint density at radius 1 is 1.14 bits per heavy atom. The van der Waals surface area contributed by atoms with Crippen molar-refractivity contribution in [1.29, 1.82) is 0 Å². The minimum Gasteiger partial charge on any atom is -0.489 e. The number of aromatic nitrogens is 2. The zero-order chi connectivity index (χ0) is 21.3. The summed E-state index contributed by atoms with van der Waals surface area (Å²) in [6.45, 7) is 3.76. The Morgan fingerprint density at radius 3 is 2.28 bits per heavy atom. The Balaban J connectivity index is 2.00. The summed E-state index contributed by atoms with van der Waals surface area (Å²) in [7, 11) is 0. The Hall–Kier alpha value is -4.08. The Morgan fingerprint density at radius 2 is 1.76 bits per heavy atom. The first kappa shape index (κ1) is 19.7. The number of aryl methyl sites for hydroxylation is 2. The van der Waals surface area contributed by atoms with Gasteiger partial charge in [0.25, 0.3) is 5.56 Å². The van der Waals surface area contributed by atoms with Crippen LogP contribution in [0.1, 0.15) is 37.7 Å². The Kier molecular flexibility index (Phi) is 5.09. The molecular weight excluding hydrogens is 382 g/mol. The predicted molar refractivity (Wildman–Crippen MR) is 101 cm³/mol. The molecule has 0 amide bonds. The SMILES string of the molecule is Cc1noc(C)c1COc1ccc(-c2c(C(=O)O)c(N)[nH]c(=O)c2C(=O)O)cc1. The molecule has 0 fully saturated rings.